The molecule has 0 radical (unpaired) electrons. The second-order valence-electron chi connectivity index (χ2n) is 4.91. The van der Waals surface area contributed by atoms with Gasteiger partial charge < -0.3 is 25.5 Å². The largest absolute Gasteiger partial charge is 0.394 e. The maximum Gasteiger partial charge on any atom is 0.276 e. The van der Waals surface area contributed by atoms with Gasteiger partial charge in [0.25, 0.3) is 10.0 Å². The molecule has 0 heterocycles. The van der Waals surface area contributed by atoms with Crippen molar-refractivity contribution in [2.24, 2.45) is 5.10 Å². The number of hydrogen-bond donors (Lipinski definition) is 6. The van der Waals surface area contributed by atoms with Gasteiger partial charge in [-0.3, -0.25) is 0 Å². The highest BCUT2D eigenvalue weighted by Crippen LogP contribution is 2.09. The smallest absolute Gasteiger partial charge is 0.276 e. The number of hydrazone groups is 1. The Morgan fingerprint density at radius 1 is 1.13 bits per heavy atom. The molecule has 0 fully saturated rings. The molecule has 23 heavy (non-hydrogen) atoms. The third kappa shape index (κ3) is 5.53. The SMILES string of the molecule is Cc1ccc(S(=O)(=O)N/N=C\[C@H](O)[C@H](O)[C@H](O)[C@H](O)CO)cc1. The van der Waals surface area contributed by atoms with E-state index >= 15 is 0 Å². The summed E-state index contributed by atoms with van der Waals surface area (Å²) in [6.45, 7) is 0.980. The highest BCUT2D eigenvalue weighted by molar-refractivity contribution is 7.89. The van der Waals surface area contributed by atoms with Crippen molar-refractivity contribution >= 4 is 16.2 Å². The highest BCUT2D eigenvalue weighted by atomic mass is 32.2. The van der Waals surface area contributed by atoms with E-state index in [1.165, 1.54) is 12.1 Å². The number of sulfonamides is 1. The second-order valence-corrected chi connectivity index (χ2v) is 6.57. The molecule has 0 spiro atoms. The van der Waals surface area contributed by atoms with Crippen LogP contribution in [0.5, 0.6) is 0 Å². The van der Waals surface area contributed by atoms with Crippen LogP contribution in [0.2, 0.25) is 0 Å². The summed E-state index contributed by atoms with van der Waals surface area (Å²) in [5, 5.41) is 49.6. The minimum atomic E-state index is -3.93. The Morgan fingerprint density at radius 3 is 2.22 bits per heavy atom. The molecular weight excluding hydrogens is 328 g/mol. The van der Waals surface area contributed by atoms with Crippen molar-refractivity contribution in [1.29, 1.82) is 0 Å². The summed E-state index contributed by atoms with van der Waals surface area (Å²) in [6, 6.07) is 5.95. The van der Waals surface area contributed by atoms with Crippen LogP contribution in [0, 0.1) is 6.92 Å². The van der Waals surface area contributed by atoms with Gasteiger partial charge >= 0.3 is 0 Å². The molecule has 130 valence electrons. The molecule has 1 aromatic rings. The van der Waals surface area contributed by atoms with Gasteiger partial charge in [-0.15, -0.1) is 0 Å². The number of aliphatic hydroxyl groups excluding tert-OH is 5. The average Bonchev–Trinajstić information content (AvgIpc) is 2.52. The van der Waals surface area contributed by atoms with Crippen LogP contribution in [0.3, 0.4) is 0 Å². The van der Waals surface area contributed by atoms with E-state index in [1.807, 2.05) is 4.83 Å². The lowest BCUT2D eigenvalue weighted by atomic mass is 10.0. The van der Waals surface area contributed by atoms with Crippen molar-refractivity contribution in [3.05, 3.63) is 29.8 Å². The molecule has 9 nitrogen and oxygen atoms in total. The highest BCUT2D eigenvalue weighted by Gasteiger charge is 2.29. The molecule has 0 aliphatic carbocycles. The number of hydrogen-bond acceptors (Lipinski definition) is 8. The number of rotatable bonds is 8. The first kappa shape index (κ1) is 19.5. The number of aryl methyl sites for hydroxylation is 1. The molecular formula is C13H20N2O7S. The average molecular weight is 348 g/mol. The van der Waals surface area contributed by atoms with Gasteiger partial charge in [0.15, 0.2) is 0 Å². The quantitative estimate of drug-likeness (QED) is 0.227. The fourth-order valence-corrected chi connectivity index (χ4v) is 2.37. The third-order valence-electron chi connectivity index (χ3n) is 3.01. The van der Waals surface area contributed by atoms with Crippen molar-refractivity contribution in [3.8, 4) is 0 Å². The predicted octanol–water partition coefficient (Wildman–Crippen LogP) is -2.30. The molecule has 0 bridgehead atoms. The van der Waals surface area contributed by atoms with Crippen molar-refractivity contribution in [2.45, 2.75) is 36.2 Å². The molecule has 1 aromatic carbocycles. The van der Waals surface area contributed by atoms with E-state index in [1.54, 1.807) is 19.1 Å². The van der Waals surface area contributed by atoms with Gasteiger partial charge in [-0.1, -0.05) is 17.7 Å². The minimum absolute atomic E-state index is 0.0361. The number of aliphatic hydroxyl groups is 5. The molecule has 1 rings (SSSR count). The van der Waals surface area contributed by atoms with Gasteiger partial charge in [0, 0.05) is 0 Å². The van der Waals surface area contributed by atoms with Gasteiger partial charge in [0.1, 0.15) is 24.4 Å². The Morgan fingerprint density at radius 2 is 1.70 bits per heavy atom. The van der Waals surface area contributed by atoms with E-state index in [2.05, 4.69) is 5.10 Å². The fourth-order valence-electron chi connectivity index (χ4n) is 1.57. The molecule has 6 N–H and O–H groups in total. The lowest BCUT2D eigenvalue weighted by Gasteiger charge is -2.23. The van der Waals surface area contributed by atoms with E-state index < -0.39 is 41.0 Å². The Bertz CT molecular complexity index is 618. The molecule has 0 unspecified atom stereocenters. The Hall–Kier alpha value is -1.56. The van der Waals surface area contributed by atoms with Gasteiger partial charge in [-0.25, -0.2) is 4.83 Å². The number of benzene rings is 1. The molecule has 0 aliphatic rings. The Kier molecular flexibility index (Phi) is 7.06. The normalized spacial score (nSPS) is 17.7. The van der Waals surface area contributed by atoms with Crippen molar-refractivity contribution in [2.75, 3.05) is 6.61 Å². The van der Waals surface area contributed by atoms with Crippen LogP contribution in [0.1, 0.15) is 5.56 Å². The Labute approximate surface area is 133 Å². The zero-order chi connectivity index (χ0) is 17.6. The first-order valence-electron chi connectivity index (χ1n) is 6.64. The first-order valence-corrected chi connectivity index (χ1v) is 8.12. The van der Waals surface area contributed by atoms with Crippen LogP contribution in [0.4, 0.5) is 0 Å². The van der Waals surface area contributed by atoms with Crippen LogP contribution in [0.25, 0.3) is 0 Å². The van der Waals surface area contributed by atoms with Gasteiger partial charge in [0.05, 0.1) is 17.7 Å². The molecule has 0 aliphatic heterocycles. The van der Waals surface area contributed by atoms with Crippen LogP contribution >= 0.6 is 0 Å². The molecule has 0 saturated heterocycles. The molecule has 10 heteroatoms. The topological polar surface area (TPSA) is 160 Å². The fraction of sp³-hybridized carbons (Fsp3) is 0.462. The second kappa shape index (κ2) is 8.34. The minimum Gasteiger partial charge on any atom is -0.394 e. The zero-order valence-corrected chi connectivity index (χ0v) is 13.1. The maximum atomic E-state index is 11.9. The summed E-state index contributed by atoms with van der Waals surface area (Å²) in [6.07, 6.45) is -6.44. The summed E-state index contributed by atoms with van der Waals surface area (Å²) < 4.78 is 23.8. The van der Waals surface area contributed by atoms with E-state index in [0.717, 1.165) is 5.56 Å². The molecule has 0 aromatic heterocycles. The van der Waals surface area contributed by atoms with Crippen molar-refractivity contribution < 1.29 is 34.0 Å². The standard InChI is InChI=1S/C13H20N2O7S/c1-8-2-4-9(5-3-8)23(21,22)15-14-6-10(17)12(19)13(20)11(18)7-16/h2-6,10-13,15-20H,7H2,1H3/b14-6-/t10-,11+,12-,13+/m0/s1. The molecule has 4 atom stereocenters. The van der Waals surface area contributed by atoms with Crippen LogP contribution in [-0.4, -0.2) is 71.2 Å². The molecule has 0 amide bonds. The monoisotopic (exact) mass is 348 g/mol. The number of nitrogens with one attached hydrogen (secondary N) is 1. The van der Waals surface area contributed by atoms with Crippen LogP contribution in [-0.2, 0) is 10.0 Å². The van der Waals surface area contributed by atoms with Crippen LogP contribution < -0.4 is 4.83 Å². The van der Waals surface area contributed by atoms with Crippen molar-refractivity contribution in [3.63, 3.8) is 0 Å². The Balaban J connectivity index is 2.69. The van der Waals surface area contributed by atoms with E-state index in [-0.39, 0.29) is 4.90 Å². The summed E-state index contributed by atoms with van der Waals surface area (Å²) in [4.78, 5) is 1.80. The summed E-state index contributed by atoms with van der Waals surface area (Å²) >= 11 is 0. The summed E-state index contributed by atoms with van der Waals surface area (Å²) in [5.74, 6) is 0. The predicted molar refractivity (Wildman–Crippen MR) is 81.1 cm³/mol. The van der Waals surface area contributed by atoms with E-state index in [0.29, 0.717) is 6.21 Å². The van der Waals surface area contributed by atoms with Crippen LogP contribution in [0.15, 0.2) is 34.3 Å². The first-order chi connectivity index (χ1) is 10.7. The van der Waals surface area contributed by atoms with E-state index in [4.69, 9.17) is 10.2 Å². The lowest BCUT2D eigenvalue weighted by molar-refractivity contribution is -0.0999. The lowest BCUT2D eigenvalue weighted by Crippen LogP contribution is -2.46. The van der Waals surface area contributed by atoms with Crippen molar-refractivity contribution in [1.82, 2.24) is 4.83 Å². The summed E-state index contributed by atoms with van der Waals surface area (Å²) in [7, 11) is -3.93. The summed E-state index contributed by atoms with van der Waals surface area (Å²) in [5.41, 5.74) is 0.877. The third-order valence-corrected chi connectivity index (χ3v) is 4.25. The molecule has 0 saturated carbocycles. The maximum absolute atomic E-state index is 11.9. The van der Waals surface area contributed by atoms with Gasteiger partial charge in [0.2, 0.25) is 0 Å². The zero-order valence-electron chi connectivity index (χ0n) is 12.3. The van der Waals surface area contributed by atoms with E-state index in [9.17, 15) is 23.7 Å². The number of nitrogens with zero attached hydrogens (tertiary/aromatic N) is 1. The van der Waals surface area contributed by atoms with Gasteiger partial charge in [-0.2, -0.15) is 13.5 Å². The van der Waals surface area contributed by atoms with Gasteiger partial charge in [-0.05, 0) is 19.1 Å².